The topological polar surface area (TPSA) is 143 Å². The predicted octanol–water partition coefficient (Wildman–Crippen LogP) is 2.10. The number of nitrogens with zero attached hydrogens (tertiary/aromatic N) is 4. The lowest BCUT2D eigenvalue weighted by Crippen LogP contribution is -2.56. The number of ether oxygens (including phenoxy) is 2. The number of carbonyl (C=O) groups excluding carboxylic acids is 4. The van der Waals surface area contributed by atoms with Gasteiger partial charge in [-0.05, 0) is 46.2 Å². The second-order valence-corrected chi connectivity index (χ2v) is 9.80. The Balaban J connectivity index is 1.72. The lowest BCUT2D eigenvalue weighted by atomic mass is 10.1. The molecular weight excluding hydrogens is 494 g/mol. The maximum atomic E-state index is 13.4. The van der Waals surface area contributed by atoms with Crippen LogP contribution in [0.3, 0.4) is 0 Å². The molecule has 3 rings (SSSR count). The van der Waals surface area contributed by atoms with Gasteiger partial charge in [0, 0.05) is 38.7 Å². The molecule has 1 atom stereocenters. The molecule has 1 aromatic heterocycles. The first-order valence-corrected chi connectivity index (χ1v) is 12.6. The Bertz CT molecular complexity index is 1130. The van der Waals surface area contributed by atoms with E-state index in [4.69, 9.17) is 9.47 Å². The summed E-state index contributed by atoms with van der Waals surface area (Å²) in [5.41, 5.74) is -0.222. The van der Waals surface area contributed by atoms with Crippen LogP contribution in [0.4, 0.5) is 4.79 Å². The van der Waals surface area contributed by atoms with Crippen LogP contribution in [0, 0.1) is 0 Å². The molecule has 206 valence electrons. The fourth-order valence-electron chi connectivity index (χ4n) is 3.93. The second-order valence-electron chi connectivity index (χ2n) is 9.80. The third kappa shape index (κ3) is 7.70. The van der Waals surface area contributed by atoms with Crippen molar-refractivity contribution in [1.29, 1.82) is 0 Å². The number of amides is 3. The largest absolute Gasteiger partial charge is 0.493 e. The van der Waals surface area contributed by atoms with E-state index in [1.165, 1.54) is 20.5 Å². The highest BCUT2D eigenvalue weighted by molar-refractivity contribution is 5.96. The van der Waals surface area contributed by atoms with Crippen molar-refractivity contribution in [2.24, 2.45) is 0 Å². The first kappa shape index (κ1) is 28.5. The molecule has 0 aliphatic carbocycles. The average Bonchev–Trinajstić information content (AvgIpc) is 3.27. The number of benzene rings is 1. The van der Waals surface area contributed by atoms with E-state index in [-0.39, 0.29) is 57.2 Å². The molecule has 1 fully saturated rings. The van der Waals surface area contributed by atoms with E-state index in [1.54, 1.807) is 52.0 Å². The molecule has 0 bridgehead atoms. The number of aromatic nitrogens is 2. The SMILES string of the molecule is CCOC(=O)N1CCN(C(=O)C(CCC(=O)OC(C)(C)C)NC(=O)c2cc(O)n(-c3ccccc3)n2)CC1. The highest BCUT2D eigenvalue weighted by atomic mass is 16.6. The van der Waals surface area contributed by atoms with Crippen molar-refractivity contribution >= 4 is 23.9 Å². The average molecular weight is 530 g/mol. The Morgan fingerprint density at radius 2 is 1.68 bits per heavy atom. The van der Waals surface area contributed by atoms with Crippen molar-refractivity contribution < 1.29 is 33.8 Å². The van der Waals surface area contributed by atoms with E-state index >= 15 is 0 Å². The number of piperazine rings is 1. The predicted molar refractivity (Wildman–Crippen MR) is 137 cm³/mol. The molecule has 38 heavy (non-hydrogen) atoms. The molecular formula is C26H35N5O7. The van der Waals surface area contributed by atoms with Crippen LogP contribution in [0.1, 0.15) is 51.0 Å². The van der Waals surface area contributed by atoms with Crippen LogP contribution < -0.4 is 5.32 Å². The summed E-state index contributed by atoms with van der Waals surface area (Å²) in [6, 6.07) is 8.94. The molecule has 0 radical (unpaired) electrons. The van der Waals surface area contributed by atoms with Gasteiger partial charge in [0.25, 0.3) is 5.91 Å². The number of esters is 1. The van der Waals surface area contributed by atoms with E-state index in [2.05, 4.69) is 10.4 Å². The normalized spacial score (nSPS) is 14.5. The zero-order chi connectivity index (χ0) is 27.9. The van der Waals surface area contributed by atoms with Gasteiger partial charge in [0.1, 0.15) is 11.6 Å². The van der Waals surface area contributed by atoms with Gasteiger partial charge >= 0.3 is 12.1 Å². The smallest absolute Gasteiger partial charge is 0.409 e. The quantitative estimate of drug-likeness (QED) is 0.495. The first-order valence-electron chi connectivity index (χ1n) is 12.6. The van der Waals surface area contributed by atoms with Crippen LogP contribution in [-0.2, 0) is 19.1 Å². The summed E-state index contributed by atoms with van der Waals surface area (Å²) < 4.78 is 11.6. The molecule has 12 heteroatoms. The lowest BCUT2D eigenvalue weighted by molar-refractivity contribution is -0.155. The molecule has 3 amide bonds. The minimum Gasteiger partial charge on any atom is -0.493 e. The molecule has 2 aromatic rings. The Labute approximate surface area is 221 Å². The van der Waals surface area contributed by atoms with Gasteiger partial charge in [0.05, 0.1) is 12.3 Å². The minimum atomic E-state index is -1.05. The molecule has 2 heterocycles. The molecule has 12 nitrogen and oxygen atoms in total. The zero-order valence-electron chi connectivity index (χ0n) is 22.2. The summed E-state index contributed by atoms with van der Waals surface area (Å²) in [5, 5.41) is 17.2. The zero-order valence-corrected chi connectivity index (χ0v) is 22.2. The molecule has 1 unspecified atom stereocenters. The van der Waals surface area contributed by atoms with Gasteiger partial charge in [-0.1, -0.05) is 18.2 Å². The van der Waals surface area contributed by atoms with Crippen molar-refractivity contribution in [3.63, 3.8) is 0 Å². The van der Waals surface area contributed by atoms with Gasteiger partial charge in [0.2, 0.25) is 11.8 Å². The number of carbonyl (C=O) groups is 4. The fraction of sp³-hybridized carbons (Fsp3) is 0.500. The fourth-order valence-corrected chi connectivity index (χ4v) is 3.93. The van der Waals surface area contributed by atoms with E-state index in [1.807, 2.05) is 6.07 Å². The number of para-hydroxylation sites is 1. The van der Waals surface area contributed by atoms with Gasteiger partial charge in [-0.3, -0.25) is 14.4 Å². The Hall–Kier alpha value is -4.09. The molecule has 1 aliphatic heterocycles. The van der Waals surface area contributed by atoms with Crippen LogP contribution in [-0.4, -0.2) is 93.0 Å². The number of aromatic hydroxyl groups is 1. The van der Waals surface area contributed by atoms with E-state index in [0.29, 0.717) is 5.69 Å². The van der Waals surface area contributed by atoms with Crippen LogP contribution in [0.2, 0.25) is 0 Å². The maximum Gasteiger partial charge on any atom is 0.409 e. The number of nitrogens with one attached hydrogen (secondary N) is 1. The summed E-state index contributed by atoms with van der Waals surface area (Å²) in [5.74, 6) is -1.81. The minimum absolute atomic E-state index is 0.00293. The van der Waals surface area contributed by atoms with Gasteiger partial charge in [-0.2, -0.15) is 5.10 Å². The molecule has 1 saturated heterocycles. The van der Waals surface area contributed by atoms with Crippen molar-refractivity contribution in [3.8, 4) is 11.6 Å². The van der Waals surface area contributed by atoms with Crippen molar-refractivity contribution in [2.45, 2.75) is 52.2 Å². The van der Waals surface area contributed by atoms with Crippen molar-refractivity contribution in [3.05, 3.63) is 42.1 Å². The second kappa shape index (κ2) is 12.4. The van der Waals surface area contributed by atoms with Crippen LogP contribution in [0.5, 0.6) is 5.88 Å². The summed E-state index contributed by atoms with van der Waals surface area (Å²) >= 11 is 0. The Kier molecular flexibility index (Phi) is 9.32. The van der Waals surface area contributed by atoms with Gasteiger partial charge in [-0.15, -0.1) is 0 Å². The van der Waals surface area contributed by atoms with E-state index in [0.717, 1.165) is 0 Å². The third-order valence-electron chi connectivity index (χ3n) is 5.70. The van der Waals surface area contributed by atoms with Gasteiger partial charge in [0.15, 0.2) is 5.69 Å². The van der Waals surface area contributed by atoms with E-state index < -0.39 is 35.5 Å². The number of hydrogen-bond acceptors (Lipinski definition) is 8. The molecule has 2 N–H and O–H groups in total. The summed E-state index contributed by atoms with van der Waals surface area (Å²) in [4.78, 5) is 53.9. The van der Waals surface area contributed by atoms with Gasteiger partial charge < -0.3 is 29.7 Å². The third-order valence-corrected chi connectivity index (χ3v) is 5.70. The lowest BCUT2D eigenvalue weighted by Gasteiger charge is -2.36. The van der Waals surface area contributed by atoms with Crippen LogP contribution in [0.25, 0.3) is 5.69 Å². The summed E-state index contributed by atoms with van der Waals surface area (Å²) in [6.45, 7) is 8.28. The molecule has 1 aliphatic rings. The highest BCUT2D eigenvalue weighted by Gasteiger charge is 2.32. The summed E-state index contributed by atoms with van der Waals surface area (Å²) in [7, 11) is 0. The Morgan fingerprint density at radius 3 is 2.29 bits per heavy atom. The molecule has 0 spiro atoms. The van der Waals surface area contributed by atoms with E-state index in [9.17, 15) is 24.3 Å². The maximum absolute atomic E-state index is 13.4. The van der Waals surface area contributed by atoms with Crippen molar-refractivity contribution in [2.75, 3.05) is 32.8 Å². The van der Waals surface area contributed by atoms with Gasteiger partial charge in [-0.25, -0.2) is 9.48 Å². The van der Waals surface area contributed by atoms with Crippen LogP contribution in [0.15, 0.2) is 36.4 Å². The molecule has 1 aromatic carbocycles. The molecule has 0 saturated carbocycles. The number of hydrogen-bond donors (Lipinski definition) is 2. The summed E-state index contributed by atoms with van der Waals surface area (Å²) in [6.07, 6.45) is -0.535. The Morgan fingerprint density at radius 1 is 1.05 bits per heavy atom. The monoisotopic (exact) mass is 529 g/mol. The van der Waals surface area contributed by atoms with Crippen LogP contribution >= 0.6 is 0 Å². The standard InChI is InChI=1S/C26H35N5O7/c1-5-37-25(36)30-15-13-29(14-16-30)24(35)19(11-12-22(33)38-26(2,3)4)27-23(34)20-17-21(32)31(28-20)18-9-7-6-8-10-18/h6-10,17,19,32H,5,11-16H2,1-4H3,(H,27,34). The first-order chi connectivity index (χ1) is 18.0. The highest BCUT2D eigenvalue weighted by Crippen LogP contribution is 2.19. The van der Waals surface area contributed by atoms with Crippen molar-refractivity contribution in [1.82, 2.24) is 24.9 Å². The number of rotatable bonds is 8.